The Morgan fingerprint density at radius 2 is 1.72 bits per heavy atom. The van der Waals surface area contributed by atoms with Gasteiger partial charge in [-0.2, -0.15) is 0 Å². The van der Waals surface area contributed by atoms with Crippen molar-refractivity contribution in [3.63, 3.8) is 0 Å². The molecule has 0 radical (unpaired) electrons. The molecule has 0 unspecified atom stereocenters. The van der Waals surface area contributed by atoms with Crippen LogP contribution >= 0.6 is 24.0 Å². The van der Waals surface area contributed by atoms with Crippen LogP contribution in [0.2, 0.25) is 0 Å². The number of carbonyl (C=O) groups excluding carboxylic acids is 1. The Labute approximate surface area is 188 Å². The van der Waals surface area contributed by atoms with Gasteiger partial charge in [-0.1, -0.05) is 48.5 Å². The normalized spacial score (nSPS) is 11.1. The summed E-state index contributed by atoms with van der Waals surface area (Å²) in [7, 11) is 3.46. The van der Waals surface area contributed by atoms with Crippen molar-refractivity contribution in [2.45, 2.75) is 20.0 Å². The third kappa shape index (κ3) is 6.22. The van der Waals surface area contributed by atoms with E-state index < -0.39 is 0 Å². The number of nitrogens with zero attached hydrogens (tertiary/aromatic N) is 2. The van der Waals surface area contributed by atoms with Crippen molar-refractivity contribution < 1.29 is 9.21 Å². The molecular weight excluding hydrogens is 479 g/mol. The lowest BCUT2D eigenvalue weighted by Gasteiger charge is -2.14. The Hall–Kier alpha value is -2.55. The number of rotatable bonds is 6. The number of nitrogens with one attached hydrogen (secondary N) is 2. The first kappa shape index (κ1) is 22.7. The Bertz CT molecular complexity index is 967. The number of halogens is 1. The number of fused-ring (bicyclic) bond motifs is 1. The summed E-state index contributed by atoms with van der Waals surface area (Å²) in [6, 6.07) is 18.0. The van der Waals surface area contributed by atoms with Gasteiger partial charge in [0.15, 0.2) is 5.96 Å². The molecule has 1 aromatic heterocycles. The summed E-state index contributed by atoms with van der Waals surface area (Å²) in [5.41, 5.74) is 3.08. The summed E-state index contributed by atoms with van der Waals surface area (Å²) >= 11 is 0. The quantitative estimate of drug-likeness (QED) is 0.304. The molecule has 29 heavy (non-hydrogen) atoms. The first-order valence-corrected chi connectivity index (χ1v) is 9.28. The number of aliphatic imine (C=N–C) groups is 1. The maximum Gasteiger partial charge on any atom is 0.241 e. The second kappa shape index (κ2) is 10.8. The zero-order valence-corrected chi connectivity index (χ0v) is 19.3. The van der Waals surface area contributed by atoms with Gasteiger partial charge in [0, 0.05) is 25.0 Å². The molecule has 3 aromatic rings. The van der Waals surface area contributed by atoms with Crippen LogP contribution in [0.3, 0.4) is 0 Å². The van der Waals surface area contributed by atoms with Crippen LogP contribution < -0.4 is 10.6 Å². The van der Waals surface area contributed by atoms with E-state index in [9.17, 15) is 4.79 Å². The summed E-state index contributed by atoms with van der Waals surface area (Å²) in [6.45, 7) is 3.22. The number of para-hydroxylation sites is 1. The lowest BCUT2D eigenvalue weighted by molar-refractivity contribution is -0.127. The van der Waals surface area contributed by atoms with Gasteiger partial charge in [-0.05, 0) is 18.6 Å². The van der Waals surface area contributed by atoms with Gasteiger partial charge in [-0.3, -0.25) is 4.79 Å². The molecule has 2 aromatic carbocycles. The Balaban J connectivity index is 0.00000300. The van der Waals surface area contributed by atoms with E-state index in [1.54, 1.807) is 19.0 Å². The fourth-order valence-corrected chi connectivity index (χ4v) is 2.80. The van der Waals surface area contributed by atoms with Crippen molar-refractivity contribution in [2.75, 3.05) is 20.6 Å². The first-order chi connectivity index (χ1) is 13.5. The second-order valence-corrected chi connectivity index (χ2v) is 6.79. The van der Waals surface area contributed by atoms with Crippen LogP contribution in [-0.4, -0.2) is 37.4 Å². The zero-order valence-electron chi connectivity index (χ0n) is 16.9. The molecule has 7 heteroatoms. The maximum atomic E-state index is 11.9. The zero-order chi connectivity index (χ0) is 19.9. The number of likely N-dealkylation sites (N-methyl/N-ethyl adjacent to an activating group) is 1. The van der Waals surface area contributed by atoms with E-state index >= 15 is 0 Å². The van der Waals surface area contributed by atoms with Gasteiger partial charge in [-0.15, -0.1) is 24.0 Å². The molecule has 0 fully saturated rings. The molecule has 3 rings (SSSR count). The molecule has 0 aliphatic heterocycles. The SMILES string of the molecule is Cc1c(CNC(=NCc2ccccc2)NCC(=O)N(C)C)oc2ccccc12.I. The molecule has 1 amide bonds. The standard InChI is InChI=1S/C22H26N4O2.HI/c1-16-18-11-7-8-12-19(18)28-20(16)14-24-22(25-15-21(27)26(2)3)23-13-17-9-5-4-6-10-17;/h4-12H,13-15H2,1-3H3,(H2,23,24,25);1H. The van der Waals surface area contributed by atoms with E-state index in [2.05, 4.69) is 21.7 Å². The van der Waals surface area contributed by atoms with Crippen LogP contribution in [0.4, 0.5) is 0 Å². The van der Waals surface area contributed by atoms with Gasteiger partial charge in [0.1, 0.15) is 11.3 Å². The van der Waals surface area contributed by atoms with Gasteiger partial charge >= 0.3 is 0 Å². The molecule has 1 heterocycles. The number of hydrogen-bond acceptors (Lipinski definition) is 3. The highest BCUT2D eigenvalue weighted by Crippen LogP contribution is 2.24. The minimum atomic E-state index is -0.0193. The molecule has 154 valence electrons. The molecule has 0 atom stereocenters. The third-order valence-corrected chi connectivity index (χ3v) is 4.53. The highest BCUT2D eigenvalue weighted by molar-refractivity contribution is 14.0. The summed E-state index contributed by atoms with van der Waals surface area (Å²) < 4.78 is 5.96. The molecule has 6 nitrogen and oxygen atoms in total. The topological polar surface area (TPSA) is 69.9 Å². The highest BCUT2D eigenvalue weighted by atomic mass is 127. The lowest BCUT2D eigenvalue weighted by atomic mass is 10.1. The predicted octanol–water partition coefficient (Wildman–Crippen LogP) is 3.68. The third-order valence-electron chi connectivity index (χ3n) is 4.53. The number of benzene rings is 2. The van der Waals surface area contributed by atoms with Crippen LogP contribution in [-0.2, 0) is 17.9 Å². The molecular formula is C22H27IN4O2. The van der Waals surface area contributed by atoms with E-state index in [1.165, 1.54) is 0 Å². The van der Waals surface area contributed by atoms with Crippen LogP contribution in [0.5, 0.6) is 0 Å². The number of furan rings is 1. The van der Waals surface area contributed by atoms with E-state index in [-0.39, 0.29) is 36.4 Å². The van der Waals surface area contributed by atoms with Crippen LogP contribution in [0, 0.1) is 6.92 Å². The fourth-order valence-electron chi connectivity index (χ4n) is 2.80. The van der Waals surface area contributed by atoms with Crippen LogP contribution in [0.15, 0.2) is 64.0 Å². The molecule has 2 N–H and O–H groups in total. The largest absolute Gasteiger partial charge is 0.459 e. The minimum absolute atomic E-state index is 0. The van der Waals surface area contributed by atoms with E-state index in [4.69, 9.17) is 4.42 Å². The first-order valence-electron chi connectivity index (χ1n) is 9.28. The van der Waals surface area contributed by atoms with Crippen molar-refractivity contribution in [1.82, 2.24) is 15.5 Å². The van der Waals surface area contributed by atoms with Gasteiger partial charge < -0.3 is 20.0 Å². The number of carbonyl (C=O) groups is 1. The van der Waals surface area contributed by atoms with Crippen LogP contribution in [0.25, 0.3) is 11.0 Å². The average molecular weight is 506 g/mol. The molecule has 0 spiro atoms. The van der Waals surface area contributed by atoms with Gasteiger partial charge in [0.05, 0.1) is 19.6 Å². The highest BCUT2D eigenvalue weighted by Gasteiger charge is 2.11. The summed E-state index contributed by atoms with van der Waals surface area (Å²) in [4.78, 5) is 18.1. The number of aryl methyl sites for hydroxylation is 1. The fraction of sp³-hybridized carbons (Fsp3) is 0.273. The van der Waals surface area contributed by atoms with Crippen molar-refractivity contribution in [3.8, 4) is 0 Å². The number of hydrogen-bond donors (Lipinski definition) is 2. The van der Waals surface area contributed by atoms with Crippen molar-refractivity contribution in [3.05, 3.63) is 71.5 Å². The van der Waals surface area contributed by atoms with E-state index in [0.29, 0.717) is 19.0 Å². The number of amides is 1. The summed E-state index contributed by atoms with van der Waals surface area (Å²) in [6.07, 6.45) is 0. The lowest BCUT2D eigenvalue weighted by Crippen LogP contribution is -2.42. The second-order valence-electron chi connectivity index (χ2n) is 6.79. The number of guanidine groups is 1. The molecule has 0 aliphatic carbocycles. The Morgan fingerprint density at radius 3 is 2.41 bits per heavy atom. The smallest absolute Gasteiger partial charge is 0.241 e. The minimum Gasteiger partial charge on any atom is -0.459 e. The molecule has 0 saturated carbocycles. The van der Waals surface area contributed by atoms with Gasteiger partial charge in [-0.25, -0.2) is 4.99 Å². The maximum absolute atomic E-state index is 11.9. The molecule has 0 bridgehead atoms. The van der Waals surface area contributed by atoms with Crippen molar-refractivity contribution in [1.29, 1.82) is 0 Å². The summed E-state index contributed by atoms with van der Waals surface area (Å²) in [5.74, 6) is 1.40. The van der Waals surface area contributed by atoms with Gasteiger partial charge in [0.25, 0.3) is 0 Å². The Kier molecular flexibility index (Phi) is 8.50. The molecule has 0 aliphatic rings. The predicted molar refractivity (Wildman–Crippen MR) is 127 cm³/mol. The van der Waals surface area contributed by atoms with Gasteiger partial charge in [0.2, 0.25) is 5.91 Å². The van der Waals surface area contributed by atoms with E-state index in [1.807, 2.05) is 55.5 Å². The molecule has 0 saturated heterocycles. The Morgan fingerprint density at radius 1 is 1.03 bits per heavy atom. The van der Waals surface area contributed by atoms with E-state index in [0.717, 1.165) is 27.9 Å². The van der Waals surface area contributed by atoms with Crippen LogP contribution in [0.1, 0.15) is 16.9 Å². The average Bonchev–Trinajstić information content (AvgIpc) is 3.03. The van der Waals surface area contributed by atoms with Crippen molar-refractivity contribution >= 4 is 46.8 Å². The summed E-state index contributed by atoms with van der Waals surface area (Å²) in [5, 5.41) is 7.49. The monoisotopic (exact) mass is 506 g/mol. The van der Waals surface area contributed by atoms with Crippen molar-refractivity contribution in [2.24, 2.45) is 4.99 Å².